The zero-order chi connectivity index (χ0) is 23.1. The molecule has 0 unspecified atom stereocenters. The Bertz CT molecular complexity index is 1170. The van der Waals surface area contributed by atoms with Crippen molar-refractivity contribution in [3.63, 3.8) is 0 Å². The molecular formula is C17H22N6O6S2. The molecule has 12 nitrogen and oxygen atoms in total. The number of pyridine rings is 1. The summed E-state index contributed by atoms with van der Waals surface area (Å²) in [6, 6.07) is 4.97. The average Bonchev–Trinajstić information content (AvgIpc) is 2.68. The van der Waals surface area contributed by atoms with Crippen LogP contribution in [0.1, 0.15) is 13.8 Å². The van der Waals surface area contributed by atoms with Gasteiger partial charge in [-0.15, -0.1) is 0 Å². The van der Waals surface area contributed by atoms with Crippen LogP contribution in [0.15, 0.2) is 52.5 Å². The van der Waals surface area contributed by atoms with E-state index in [0.717, 1.165) is 6.20 Å². The number of carbonyl (C=O) groups is 2. The highest BCUT2D eigenvalue weighted by atomic mass is 32.2. The number of sulfonamides is 2. The number of anilines is 2. The van der Waals surface area contributed by atoms with Crippen molar-refractivity contribution in [2.45, 2.75) is 23.6 Å². The van der Waals surface area contributed by atoms with Gasteiger partial charge in [-0.25, -0.2) is 35.9 Å². The Morgan fingerprint density at radius 3 is 2.13 bits per heavy atom. The number of benzene rings is 1. The average molecular weight is 471 g/mol. The summed E-state index contributed by atoms with van der Waals surface area (Å²) in [7, 11) is -8.42. The van der Waals surface area contributed by atoms with Crippen LogP contribution >= 0.6 is 0 Å². The largest absolute Gasteiger partial charge is 0.354 e. The summed E-state index contributed by atoms with van der Waals surface area (Å²) in [6.07, 6.45) is 2.37. The van der Waals surface area contributed by atoms with Gasteiger partial charge in [0, 0.05) is 31.2 Å². The van der Waals surface area contributed by atoms with Crippen LogP contribution in [0, 0.1) is 0 Å². The minimum atomic E-state index is -4.26. The molecule has 0 saturated carbocycles. The fourth-order valence-corrected chi connectivity index (χ4v) is 4.35. The molecule has 0 aliphatic carbocycles. The Hall–Kier alpha value is -3.39. The second kappa shape index (κ2) is 10.1. The molecule has 0 radical (unpaired) electrons. The Balaban J connectivity index is 2.32. The fraction of sp³-hybridized carbons (Fsp3) is 0.235. The highest BCUT2D eigenvalue weighted by molar-refractivity contribution is 7.90. The van der Waals surface area contributed by atoms with E-state index in [1.165, 1.54) is 36.5 Å². The number of urea groups is 2. The SMILES string of the molecule is CCNC(=O)NS(=O)(=O)c1cccc(Nc2ccncc2S(=O)(=O)NC(=O)NCC)c1. The highest BCUT2D eigenvalue weighted by Gasteiger charge is 2.22. The summed E-state index contributed by atoms with van der Waals surface area (Å²) < 4.78 is 53.5. The molecule has 0 bridgehead atoms. The lowest BCUT2D eigenvalue weighted by Gasteiger charge is -2.14. The monoisotopic (exact) mass is 470 g/mol. The van der Waals surface area contributed by atoms with Gasteiger partial charge in [0.25, 0.3) is 20.0 Å². The van der Waals surface area contributed by atoms with Crippen molar-refractivity contribution in [1.29, 1.82) is 0 Å². The Kier molecular flexibility index (Phi) is 7.77. The quantitative estimate of drug-likeness (QED) is 0.377. The maximum atomic E-state index is 12.5. The Morgan fingerprint density at radius 1 is 0.903 bits per heavy atom. The van der Waals surface area contributed by atoms with Crippen LogP contribution in [0.25, 0.3) is 0 Å². The molecule has 0 atom stereocenters. The van der Waals surface area contributed by atoms with Crippen molar-refractivity contribution >= 4 is 43.5 Å². The lowest BCUT2D eigenvalue weighted by molar-refractivity contribution is 0.245. The zero-order valence-corrected chi connectivity index (χ0v) is 18.3. The molecule has 14 heteroatoms. The van der Waals surface area contributed by atoms with Crippen LogP contribution in [0.5, 0.6) is 0 Å². The van der Waals surface area contributed by atoms with Crippen LogP contribution in [-0.2, 0) is 20.0 Å². The summed E-state index contributed by atoms with van der Waals surface area (Å²) in [5.74, 6) is 0. The van der Waals surface area contributed by atoms with Crippen molar-refractivity contribution in [3.8, 4) is 0 Å². The molecular weight excluding hydrogens is 448 g/mol. The molecule has 5 N–H and O–H groups in total. The van der Waals surface area contributed by atoms with Crippen molar-refractivity contribution < 1.29 is 26.4 Å². The van der Waals surface area contributed by atoms with E-state index in [0.29, 0.717) is 0 Å². The summed E-state index contributed by atoms with van der Waals surface area (Å²) in [5.41, 5.74) is 0.275. The summed E-state index contributed by atoms with van der Waals surface area (Å²) >= 11 is 0. The second-order valence-electron chi connectivity index (χ2n) is 5.95. The lowest BCUT2D eigenvalue weighted by atomic mass is 10.3. The number of nitrogens with one attached hydrogen (secondary N) is 5. The van der Waals surface area contributed by atoms with E-state index >= 15 is 0 Å². The fourth-order valence-electron chi connectivity index (χ4n) is 2.35. The van der Waals surface area contributed by atoms with E-state index < -0.39 is 32.1 Å². The molecule has 0 aliphatic heterocycles. The first-order valence-electron chi connectivity index (χ1n) is 9.01. The molecule has 0 spiro atoms. The van der Waals surface area contributed by atoms with Crippen LogP contribution in [0.4, 0.5) is 21.0 Å². The highest BCUT2D eigenvalue weighted by Crippen LogP contribution is 2.25. The first kappa shape index (κ1) is 23.9. The summed E-state index contributed by atoms with van der Waals surface area (Å²) in [5, 5.41) is 7.42. The molecule has 4 amide bonds. The standard InChI is InChI=1S/C17H22N6O6S2/c1-3-19-16(24)22-30(26,27)13-7-5-6-12(10-13)21-14-8-9-18-11-15(14)31(28,29)23-17(25)20-4-2/h5-11H,3-4H2,1-2H3,(H,18,21)(H2,19,22,24)(H2,20,23,25). The Labute approximate surface area is 179 Å². The van der Waals surface area contributed by atoms with E-state index in [4.69, 9.17) is 0 Å². The van der Waals surface area contributed by atoms with Gasteiger partial charge < -0.3 is 16.0 Å². The lowest BCUT2D eigenvalue weighted by Crippen LogP contribution is -2.39. The first-order valence-corrected chi connectivity index (χ1v) is 12.0. The molecule has 1 aromatic carbocycles. The number of aromatic nitrogens is 1. The maximum absolute atomic E-state index is 12.5. The van der Waals surface area contributed by atoms with Crippen molar-refractivity contribution in [1.82, 2.24) is 25.1 Å². The van der Waals surface area contributed by atoms with Crippen molar-refractivity contribution in [2.24, 2.45) is 0 Å². The zero-order valence-electron chi connectivity index (χ0n) is 16.7. The summed E-state index contributed by atoms with van der Waals surface area (Å²) in [6.45, 7) is 3.74. The number of carbonyl (C=O) groups excluding carboxylic acids is 2. The van der Waals surface area contributed by atoms with Gasteiger partial charge in [-0.05, 0) is 38.1 Å². The summed E-state index contributed by atoms with van der Waals surface area (Å²) in [4.78, 5) is 26.4. The topological polar surface area (TPSA) is 175 Å². The van der Waals surface area contributed by atoms with Crippen molar-refractivity contribution in [2.75, 3.05) is 18.4 Å². The van der Waals surface area contributed by atoms with E-state index in [1.807, 2.05) is 9.44 Å². The minimum absolute atomic E-state index is 0.0537. The molecule has 0 saturated heterocycles. The molecule has 1 aromatic heterocycles. The molecule has 168 valence electrons. The molecule has 0 fully saturated rings. The normalized spacial score (nSPS) is 11.3. The minimum Gasteiger partial charge on any atom is -0.354 e. The van der Waals surface area contributed by atoms with Gasteiger partial charge in [0.1, 0.15) is 4.90 Å². The van der Waals surface area contributed by atoms with Crippen molar-refractivity contribution in [3.05, 3.63) is 42.7 Å². The van der Waals surface area contributed by atoms with E-state index in [-0.39, 0.29) is 34.3 Å². The maximum Gasteiger partial charge on any atom is 0.328 e. The predicted octanol–water partition coefficient (Wildman–Crippen LogP) is 0.841. The van der Waals surface area contributed by atoms with Gasteiger partial charge in [-0.3, -0.25) is 4.98 Å². The van der Waals surface area contributed by atoms with Gasteiger partial charge in [0.2, 0.25) is 0 Å². The molecule has 2 rings (SSSR count). The second-order valence-corrected chi connectivity index (χ2v) is 9.29. The van der Waals surface area contributed by atoms with E-state index in [2.05, 4.69) is 20.9 Å². The van der Waals surface area contributed by atoms with Crippen LogP contribution in [0.2, 0.25) is 0 Å². The van der Waals surface area contributed by atoms with Crippen LogP contribution in [0.3, 0.4) is 0 Å². The number of hydrogen-bond acceptors (Lipinski definition) is 8. The molecule has 1 heterocycles. The number of nitrogens with zero attached hydrogens (tertiary/aromatic N) is 1. The van der Waals surface area contributed by atoms with Gasteiger partial charge >= 0.3 is 12.1 Å². The molecule has 31 heavy (non-hydrogen) atoms. The number of rotatable bonds is 8. The predicted molar refractivity (Wildman–Crippen MR) is 113 cm³/mol. The third kappa shape index (κ3) is 6.55. The van der Waals surface area contributed by atoms with E-state index in [9.17, 15) is 26.4 Å². The molecule has 2 aromatic rings. The number of hydrogen-bond donors (Lipinski definition) is 5. The van der Waals surface area contributed by atoms with Gasteiger partial charge in [0.05, 0.1) is 10.6 Å². The Morgan fingerprint density at radius 2 is 1.52 bits per heavy atom. The van der Waals surface area contributed by atoms with Gasteiger partial charge in [-0.2, -0.15) is 0 Å². The van der Waals surface area contributed by atoms with Crippen LogP contribution in [-0.4, -0.2) is 47.0 Å². The smallest absolute Gasteiger partial charge is 0.328 e. The third-order valence-electron chi connectivity index (χ3n) is 3.63. The first-order chi connectivity index (χ1) is 14.6. The number of amides is 4. The molecule has 0 aliphatic rings. The van der Waals surface area contributed by atoms with Gasteiger partial charge in [0.15, 0.2) is 0 Å². The van der Waals surface area contributed by atoms with Gasteiger partial charge in [-0.1, -0.05) is 6.07 Å². The third-order valence-corrected chi connectivity index (χ3v) is 6.31. The van der Waals surface area contributed by atoms with Crippen LogP contribution < -0.4 is 25.4 Å². The van der Waals surface area contributed by atoms with E-state index in [1.54, 1.807) is 13.8 Å².